The summed E-state index contributed by atoms with van der Waals surface area (Å²) in [6.07, 6.45) is 0. The highest BCUT2D eigenvalue weighted by Gasteiger charge is 2.22. The summed E-state index contributed by atoms with van der Waals surface area (Å²) in [6.45, 7) is 0.0264. The van der Waals surface area contributed by atoms with Crippen LogP contribution in [-0.4, -0.2) is 22.8 Å². The zero-order chi connectivity index (χ0) is 22.1. The Bertz CT molecular complexity index is 1330. The van der Waals surface area contributed by atoms with E-state index in [1.807, 2.05) is 30.3 Å². The van der Waals surface area contributed by atoms with Crippen LogP contribution >= 0.6 is 0 Å². The molecule has 0 fully saturated rings. The van der Waals surface area contributed by atoms with Gasteiger partial charge in [0, 0.05) is 28.8 Å². The van der Waals surface area contributed by atoms with Crippen molar-refractivity contribution in [2.75, 3.05) is 6.79 Å². The zero-order valence-corrected chi connectivity index (χ0v) is 16.6. The average molecular weight is 432 g/mol. The molecule has 2 heterocycles. The molecule has 0 unspecified atom stereocenters. The number of carbonyl (C=O) groups excluding carboxylic acids is 1. The molecule has 0 saturated carbocycles. The van der Waals surface area contributed by atoms with Crippen LogP contribution in [0.4, 0.5) is 5.69 Å². The van der Waals surface area contributed by atoms with E-state index in [9.17, 15) is 14.9 Å². The van der Waals surface area contributed by atoms with E-state index in [2.05, 4.69) is 5.16 Å². The standard InChI is InChI=1S/C23H16N2O7/c26-23(30-12-17-9-18(25(27)28)8-16-11-29-13-31-21(16)17)15-6-7-20-19(10-15)22(32-24-20)14-4-2-1-3-5-14/h1-10H,11-13H2. The molecule has 160 valence electrons. The Balaban J connectivity index is 1.41. The number of nitro benzene ring substituents is 1. The summed E-state index contributed by atoms with van der Waals surface area (Å²) in [6, 6.07) is 17.1. The van der Waals surface area contributed by atoms with Crippen LogP contribution in [0.25, 0.3) is 22.2 Å². The number of fused-ring (bicyclic) bond motifs is 2. The number of esters is 1. The monoisotopic (exact) mass is 432 g/mol. The van der Waals surface area contributed by atoms with Crippen molar-refractivity contribution >= 4 is 22.6 Å². The molecule has 9 heteroatoms. The van der Waals surface area contributed by atoms with E-state index in [0.29, 0.717) is 39.1 Å². The van der Waals surface area contributed by atoms with Crippen LogP contribution in [0.2, 0.25) is 0 Å². The highest BCUT2D eigenvalue weighted by molar-refractivity contribution is 5.98. The molecule has 4 aromatic rings. The Kier molecular flexibility index (Phi) is 5.00. The lowest BCUT2D eigenvalue weighted by Gasteiger charge is -2.20. The van der Waals surface area contributed by atoms with Gasteiger partial charge in [0.25, 0.3) is 5.69 Å². The van der Waals surface area contributed by atoms with E-state index in [4.69, 9.17) is 18.7 Å². The van der Waals surface area contributed by atoms with Crippen LogP contribution in [0.1, 0.15) is 21.5 Å². The van der Waals surface area contributed by atoms with Crippen LogP contribution in [-0.2, 0) is 22.7 Å². The molecule has 5 rings (SSSR count). The molecule has 32 heavy (non-hydrogen) atoms. The summed E-state index contributed by atoms with van der Waals surface area (Å²) in [4.78, 5) is 23.5. The number of nitro groups is 1. The molecule has 9 nitrogen and oxygen atoms in total. The van der Waals surface area contributed by atoms with Gasteiger partial charge < -0.3 is 18.7 Å². The Morgan fingerprint density at radius 3 is 2.78 bits per heavy atom. The van der Waals surface area contributed by atoms with Gasteiger partial charge in [-0.05, 0) is 18.2 Å². The molecular formula is C23H16N2O7. The van der Waals surface area contributed by atoms with Gasteiger partial charge >= 0.3 is 5.97 Å². The van der Waals surface area contributed by atoms with Crippen LogP contribution < -0.4 is 4.74 Å². The zero-order valence-electron chi connectivity index (χ0n) is 16.6. The molecule has 1 aliphatic heterocycles. The van der Waals surface area contributed by atoms with Crippen LogP contribution in [0.3, 0.4) is 0 Å². The maximum atomic E-state index is 12.7. The number of nitrogens with zero attached hydrogens (tertiary/aromatic N) is 2. The number of aromatic nitrogens is 1. The molecule has 0 atom stereocenters. The van der Waals surface area contributed by atoms with E-state index < -0.39 is 10.9 Å². The van der Waals surface area contributed by atoms with Crippen molar-refractivity contribution in [3.63, 3.8) is 0 Å². The molecule has 0 radical (unpaired) electrons. The maximum absolute atomic E-state index is 12.7. The van der Waals surface area contributed by atoms with Crippen molar-refractivity contribution in [2.24, 2.45) is 0 Å². The summed E-state index contributed by atoms with van der Waals surface area (Å²) in [5, 5.41) is 16.0. The first-order valence-corrected chi connectivity index (χ1v) is 9.73. The molecular weight excluding hydrogens is 416 g/mol. The number of ether oxygens (including phenoxy) is 3. The molecule has 1 aromatic heterocycles. The fourth-order valence-electron chi connectivity index (χ4n) is 3.59. The Hall–Kier alpha value is -4.24. The highest BCUT2D eigenvalue weighted by Crippen LogP contribution is 2.33. The highest BCUT2D eigenvalue weighted by atomic mass is 16.7. The summed E-state index contributed by atoms with van der Waals surface area (Å²) in [7, 11) is 0. The second-order valence-electron chi connectivity index (χ2n) is 7.15. The summed E-state index contributed by atoms with van der Waals surface area (Å²) >= 11 is 0. The van der Waals surface area contributed by atoms with Gasteiger partial charge in [-0.3, -0.25) is 10.1 Å². The lowest BCUT2D eigenvalue weighted by Crippen LogP contribution is -2.15. The third kappa shape index (κ3) is 3.65. The van der Waals surface area contributed by atoms with E-state index in [1.54, 1.807) is 18.2 Å². The minimum absolute atomic E-state index is 0.0260. The lowest BCUT2D eigenvalue weighted by molar-refractivity contribution is -0.385. The predicted molar refractivity (Wildman–Crippen MR) is 112 cm³/mol. The Morgan fingerprint density at radius 1 is 1.12 bits per heavy atom. The van der Waals surface area contributed by atoms with Gasteiger partial charge in [-0.25, -0.2) is 4.79 Å². The third-order valence-electron chi connectivity index (χ3n) is 5.09. The molecule has 0 saturated heterocycles. The van der Waals surface area contributed by atoms with E-state index in [-0.39, 0.29) is 25.7 Å². The molecule has 0 aliphatic carbocycles. The predicted octanol–water partition coefficient (Wildman–Crippen LogP) is 4.63. The topological polar surface area (TPSA) is 114 Å². The van der Waals surface area contributed by atoms with Gasteiger partial charge in [0.15, 0.2) is 12.6 Å². The number of rotatable bonds is 5. The van der Waals surface area contributed by atoms with Crippen molar-refractivity contribution in [3.05, 3.63) is 87.5 Å². The van der Waals surface area contributed by atoms with Gasteiger partial charge in [-0.2, -0.15) is 0 Å². The summed E-state index contributed by atoms with van der Waals surface area (Å²) in [5.74, 6) is 0.409. The lowest BCUT2D eigenvalue weighted by atomic mass is 10.1. The van der Waals surface area contributed by atoms with Gasteiger partial charge in [-0.1, -0.05) is 35.5 Å². The largest absolute Gasteiger partial charge is 0.467 e. The Labute approximate surface area is 181 Å². The van der Waals surface area contributed by atoms with Crippen LogP contribution in [0, 0.1) is 10.1 Å². The molecule has 3 aromatic carbocycles. The van der Waals surface area contributed by atoms with Crippen molar-refractivity contribution < 1.29 is 28.5 Å². The van der Waals surface area contributed by atoms with Gasteiger partial charge in [-0.15, -0.1) is 0 Å². The fraction of sp³-hybridized carbons (Fsp3) is 0.130. The van der Waals surface area contributed by atoms with Crippen molar-refractivity contribution in [2.45, 2.75) is 13.2 Å². The van der Waals surface area contributed by atoms with E-state index >= 15 is 0 Å². The SMILES string of the molecule is O=C(OCc1cc([N+](=O)[O-])cc2c1OCOC2)c1ccc2noc(-c3ccccc3)c2c1. The second-order valence-corrected chi connectivity index (χ2v) is 7.15. The molecule has 0 N–H and O–H groups in total. The number of hydrogen-bond acceptors (Lipinski definition) is 8. The van der Waals surface area contributed by atoms with Crippen molar-refractivity contribution in [1.82, 2.24) is 5.16 Å². The van der Waals surface area contributed by atoms with Crippen molar-refractivity contribution in [3.8, 4) is 17.1 Å². The number of hydrogen-bond donors (Lipinski definition) is 0. The maximum Gasteiger partial charge on any atom is 0.338 e. The molecule has 0 bridgehead atoms. The quantitative estimate of drug-likeness (QED) is 0.255. The number of non-ortho nitro benzene ring substituents is 1. The molecule has 0 amide bonds. The average Bonchev–Trinajstić information content (AvgIpc) is 3.26. The number of benzene rings is 3. The fourth-order valence-corrected chi connectivity index (χ4v) is 3.59. The van der Waals surface area contributed by atoms with Crippen LogP contribution in [0.15, 0.2) is 65.2 Å². The van der Waals surface area contributed by atoms with Gasteiger partial charge in [0.1, 0.15) is 17.9 Å². The third-order valence-corrected chi connectivity index (χ3v) is 5.09. The first kappa shape index (κ1) is 19.7. The minimum atomic E-state index is -0.584. The van der Waals surface area contributed by atoms with Crippen LogP contribution in [0.5, 0.6) is 5.75 Å². The van der Waals surface area contributed by atoms with Gasteiger partial charge in [0.2, 0.25) is 0 Å². The molecule has 1 aliphatic rings. The van der Waals surface area contributed by atoms with E-state index in [0.717, 1.165) is 5.56 Å². The van der Waals surface area contributed by atoms with E-state index in [1.165, 1.54) is 12.1 Å². The summed E-state index contributed by atoms with van der Waals surface area (Å²) < 4.78 is 21.6. The number of carbonyl (C=O) groups is 1. The first-order chi connectivity index (χ1) is 15.6. The normalized spacial score (nSPS) is 12.8. The first-order valence-electron chi connectivity index (χ1n) is 9.73. The smallest absolute Gasteiger partial charge is 0.338 e. The Morgan fingerprint density at radius 2 is 1.97 bits per heavy atom. The minimum Gasteiger partial charge on any atom is -0.467 e. The molecule has 0 spiro atoms. The second kappa shape index (κ2) is 8.12. The van der Waals surface area contributed by atoms with Gasteiger partial charge in [0.05, 0.1) is 22.5 Å². The van der Waals surface area contributed by atoms with Crippen molar-refractivity contribution in [1.29, 1.82) is 0 Å². The summed E-state index contributed by atoms with van der Waals surface area (Å²) in [5.41, 5.74) is 2.57.